The summed E-state index contributed by atoms with van der Waals surface area (Å²) in [4.78, 5) is 12.1. The van der Waals surface area contributed by atoms with E-state index >= 15 is 0 Å². The van der Waals surface area contributed by atoms with Crippen molar-refractivity contribution < 1.29 is 13.2 Å². The van der Waals surface area contributed by atoms with Crippen molar-refractivity contribution in [3.8, 4) is 0 Å². The highest BCUT2D eigenvalue weighted by atomic mass is 35.5. The molecule has 1 aromatic carbocycles. The fraction of sp³-hybridized carbons (Fsp3) is 0.364. The highest BCUT2D eigenvalue weighted by Gasteiger charge is 2.51. The molecule has 92 valence electrons. The van der Waals surface area contributed by atoms with Crippen LogP contribution < -0.4 is 4.72 Å². The molecule has 17 heavy (non-hydrogen) atoms. The molecule has 6 heteroatoms. The lowest BCUT2D eigenvalue weighted by atomic mass is 9.95. The van der Waals surface area contributed by atoms with Gasteiger partial charge in [0.05, 0.1) is 5.54 Å². The fourth-order valence-electron chi connectivity index (χ4n) is 1.90. The lowest BCUT2D eigenvalue weighted by Crippen LogP contribution is -2.39. The predicted molar refractivity (Wildman–Crippen MR) is 65.3 cm³/mol. The molecule has 1 saturated heterocycles. The van der Waals surface area contributed by atoms with Crippen LogP contribution in [0, 0.1) is 0 Å². The SMILES string of the molecule is CC1(C)NS(=O)(=O)C(c2ccc(Cl)cc2)C1=O. The van der Waals surface area contributed by atoms with Gasteiger partial charge < -0.3 is 0 Å². The van der Waals surface area contributed by atoms with Crippen molar-refractivity contribution in [3.05, 3.63) is 34.9 Å². The molecule has 2 rings (SSSR count). The van der Waals surface area contributed by atoms with E-state index in [1.165, 1.54) is 0 Å². The molecule has 1 N–H and O–H groups in total. The van der Waals surface area contributed by atoms with Gasteiger partial charge in [0.2, 0.25) is 10.0 Å². The zero-order chi connectivity index (χ0) is 12.8. The second-order valence-corrected chi connectivity index (χ2v) is 6.77. The van der Waals surface area contributed by atoms with Crippen molar-refractivity contribution in [1.82, 2.24) is 4.72 Å². The molecule has 0 amide bonds. The number of benzene rings is 1. The molecule has 1 aliphatic rings. The van der Waals surface area contributed by atoms with Gasteiger partial charge in [0.15, 0.2) is 11.0 Å². The number of carbonyl (C=O) groups excluding carboxylic acids is 1. The summed E-state index contributed by atoms with van der Waals surface area (Å²) in [5, 5.41) is -0.640. The highest BCUT2D eigenvalue weighted by Crippen LogP contribution is 2.34. The second-order valence-electron chi connectivity index (χ2n) is 4.57. The number of carbonyl (C=O) groups is 1. The first kappa shape index (κ1) is 12.5. The summed E-state index contributed by atoms with van der Waals surface area (Å²) >= 11 is 5.73. The van der Waals surface area contributed by atoms with E-state index < -0.39 is 20.8 Å². The first-order valence-corrected chi connectivity index (χ1v) is 6.99. The summed E-state index contributed by atoms with van der Waals surface area (Å²) in [6, 6.07) is 6.27. The van der Waals surface area contributed by atoms with Crippen LogP contribution in [-0.4, -0.2) is 19.7 Å². The summed E-state index contributed by atoms with van der Waals surface area (Å²) in [6.07, 6.45) is 0. The standard InChI is InChI=1S/C11H12ClNO3S/c1-11(2)10(14)9(17(15,16)13-11)7-3-5-8(12)6-4-7/h3-6,9,13H,1-2H3. The molecule has 0 aromatic heterocycles. The van der Waals surface area contributed by atoms with Crippen LogP contribution in [0.3, 0.4) is 0 Å². The Labute approximate surface area is 105 Å². The molecule has 0 bridgehead atoms. The van der Waals surface area contributed by atoms with Gasteiger partial charge in [-0.05, 0) is 31.5 Å². The summed E-state index contributed by atoms with van der Waals surface area (Å²) < 4.78 is 26.2. The van der Waals surface area contributed by atoms with E-state index in [1.54, 1.807) is 38.1 Å². The third kappa shape index (κ3) is 2.10. The lowest BCUT2D eigenvalue weighted by Gasteiger charge is -2.13. The molecule has 1 heterocycles. The van der Waals surface area contributed by atoms with Crippen LogP contribution in [-0.2, 0) is 14.8 Å². The molecule has 1 fully saturated rings. The van der Waals surface area contributed by atoms with Gasteiger partial charge in [0, 0.05) is 5.02 Å². The first-order valence-electron chi connectivity index (χ1n) is 5.06. The maximum Gasteiger partial charge on any atom is 0.226 e. The highest BCUT2D eigenvalue weighted by molar-refractivity contribution is 7.91. The number of nitrogens with one attached hydrogen (secondary N) is 1. The zero-order valence-electron chi connectivity index (χ0n) is 9.40. The molecule has 1 aromatic rings. The van der Waals surface area contributed by atoms with Crippen LogP contribution >= 0.6 is 11.6 Å². The zero-order valence-corrected chi connectivity index (χ0v) is 11.0. The Bertz CT molecular complexity index is 563. The maximum absolute atomic E-state index is 12.1. The average molecular weight is 274 g/mol. The number of ketones is 1. The molecule has 0 aliphatic carbocycles. The normalized spacial score (nSPS) is 26.1. The van der Waals surface area contributed by atoms with Gasteiger partial charge in [-0.3, -0.25) is 4.79 Å². The Morgan fingerprint density at radius 3 is 2.18 bits per heavy atom. The molecule has 1 unspecified atom stereocenters. The lowest BCUT2D eigenvalue weighted by molar-refractivity contribution is -0.122. The molecule has 4 nitrogen and oxygen atoms in total. The predicted octanol–water partition coefficient (Wildman–Crippen LogP) is 1.66. The van der Waals surface area contributed by atoms with Gasteiger partial charge in [0.25, 0.3) is 0 Å². The van der Waals surface area contributed by atoms with Crippen molar-refractivity contribution >= 4 is 27.4 Å². The Morgan fingerprint density at radius 2 is 1.76 bits per heavy atom. The Morgan fingerprint density at radius 1 is 1.24 bits per heavy atom. The number of sulfonamides is 1. The third-order valence-electron chi connectivity index (χ3n) is 2.73. The van der Waals surface area contributed by atoms with Crippen molar-refractivity contribution in [2.45, 2.75) is 24.6 Å². The molecule has 1 aliphatic heterocycles. The van der Waals surface area contributed by atoms with Crippen LogP contribution in [0.1, 0.15) is 24.7 Å². The van der Waals surface area contributed by atoms with Gasteiger partial charge in [-0.25, -0.2) is 13.1 Å². The van der Waals surface area contributed by atoms with E-state index in [2.05, 4.69) is 4.72 Å². The second kappa shape index (κ2) is 3.80. The van der Waals surface area contributed by atoms with Crippen LogP contribution in [0.5, 0.6) is 0 Å². The first-order chi connectivity index (χ1) is 7.74. The molecular formula is C11H12ClNO3S. The largest absolute Gasteiger partial charge is 0.296 e. The summed E-state index contributed by atoms with van der Waals surface area (Å²) in [5.41, 5.74) is -0.610. The van der Waals surface area contributed by atoms with Gasteiger partial charge in [-0.1, -0.05) is 23.7 Å². The van der Waals surface area contributed by atoms with E-state index in [0.29, 0.717) is 10.6 Å². The molecule has 0 spiro atoms. The summed E-state index contributed by atoms with van der Waals surface area (Å²) in [7, 11) is -3.65. The van der Waals surface area contributed by atoms with Crippen molar-refractivity contribution in [1.29, 1.82) is 0 Å². The van der Waals surface area contributed by atoms with E-state index in [-0.39, 0.29) is 5.78 Å². The summed E-state index contributed by atoms with van der Waals surface area (Å²) in [6.45, 7) is 3.12. The Kier molecular flexibility index (Phi) is 2.80. The van der Waals surface area contributed by atoms with Crippen molar-refractivity contribution in [3.63, 3.8) is 0 Å². The van der Waals surface area contributed by atoms with E-state index in [0.717, 1.165) is 0 Å². The van der Waals surface area contributed by atoms with Crippen LogP contribution in [0.4, 0.5) is 0 Å². The molecule has 0 saturated carbocycles. The maximum atomic E-state index is 12.1. The van der Waals surface area contributed by atoms with E-state index in [9.17, 15) is 13.2 Å². The summed E-state index contributed by atoms with van der Waals surface area (Å²) in [5.74, 6) is -0.347. The van der Waals surface area contributed by atoms with E-state index in [1.807, 2.05) is 0 Å². The fourth-order valence-corrected chi connectivity index (χ4v) is 4.05. The minimum Gasteiger partial charge on any atom is -0.296 e. The Hall–Kier alpha value is -0.910. The quantitative estimate of drug-likeness (QED) is 0.846. The number of hydrogen-bond acceptors (Lipinski definition) is 3. The molecular weight excluding hydrogens is 262 g/mol. The number of halogens is 1. The monoisotopic (exact) mass is 273 g/mol. The molecule has 1 atom stereocenters. The third-order valence-corrected chi connectivity index (χ3v) is 4.89. The van der Waals surface area contributed by atoms with Crippen LogP contribution in [0.2, 0.25) is 5.02 Å². The Balaban J connectivity index is 2.52. The minimum absolute atomic E-state index is 0.347. The van der Waals surface area contributed by atoms with Crippen LogP contribution in [0.25, 0.3) is 0 Å². The average Bonchev–Trinajstić information content (AvgIpc) is 2.34. The van der Waals surface area contributed by atoms with Crippen molar-refractivity contribution in [2.75, 3.05) is 0 Å². The number of Topliss-reactive ketones (excluding diaryl/α,β-unsaturated/α-hetero) is 1. The molecule has 0 radical (unpaired) electrons. The van der Waals surface area contributed by atoms with Gasteiger partial charge in [-0.15, -0.1) is 0 Å². The van der Waals surface area contributed by atoms with Gasteiger partial charge >= 0.3 is 0 Å². The minimum atomic E-state index is -3.65. The number of rotatable bonds is 1. The topological polar surface area (TPSA) is 63.2 Å². The number of hydrogen-bond donors (Lipinski definition) is 1. The van der Waals surface area contributed by atoms with Crippen molar-refractivity contribution in [2.24, 2.45) is 0 Å². The van der Waals surface area contributed by atoms with Gasteiger partial charge in [0.1, 0.15) is 0 Å². The van der Waals surface area contributed by atoms with E-state index in [4.69, 9.17) is 11.6 Å². The van der Waals surface area contributed by atoms with Gasteiger partial charge in [-0.2, -0.15) is 0 Å². The van der Waals surface area contributed by atoms with Crippen LogP contribution in [0.15, 0.2) is 24.3 Å². The smallest absolute Gasteiger partial charge is 0.226 e.